The topological polar surface area (TPSA) is 139 Å². The molecule has 0 unspecified atom stereocenters. The van der Waals surface area contributed by atoms with Gasteiger partial charge in [0.15, 0.2) is 5.82 Å². The fraction of sp³-hybridized carbons (Fsp3) is 0.273. The molecule has 0 aromatic heterocycles. The van der Waals surface area contributed by atoms with Crippen LogP contribution in [-0.2, 0) is 4.79 Å². The summed E-state index contributed by atoms with van der Waals surface area (Å²) < 4.78 is 13.4. The van der Waals surface area contributed by atoms with E-state index in [1.807, 2.05) is 5.43 Å². The second-order valence-corrected chi connectivity index (χ2v) is 3.89. The van der Waals surface area contributed by atoms with Crippen LogP contribution >= 0.6 is 0 Å². The summed E-state index contributed by atoms with van der Waals surface area (Å²) in [6.07, 6.45) is 0. The number of nitrogens with zero attached hydrogens (tertiary/aromatic N) is 1. The maximum atomic E-state index is 13.4. The normalized spacial score (nSPS) is 9.86. The number of carbonyl (C=O) groups is 2. The molecule has 0 spiro atoms. The largest absolute Gasteiger partial charge is 0.355 e. The van der Waals surface area contributed by atoms with Crippen molar-refractivity contribution in [2.45, 2.75) is 6.92 Å². The van der Waals surface area contributed by atoms with Crippen LogP contribution in [0.4, 0.5) is 15.8 Å². The van der Waals surface area contributed by atoms with E-state index in [-0.39, 0.29) is 12.2 Å². The Hall–Kier alpha value is -2.75. The van der Waals surface area contributed by atoms with Gasteiger partial charge in [0.2, 0.25) is 5.91 Å². The van der Waals surface area contributed by atoms with E-state index in [1.54, 1.807) is 6.92 Å². The van der Waals surface area contributed by atoms with Crippen LogP contribution in [0.1, 0.15) is 17.3 Å². The maximum absolute atomic E-state index is 13.4. The van der Waals surface area contributed by atoms with Crippen molar-refractivity contribution in [1.29, 1.82) is 0 Å². The number of anilines is 1. The highest BCUT2D eigenvalue weighted by molar-refractivity contribution is 6.00. The molecule has 0 heterocycles. The summed E-state index contributed by atoms with van der Waals surface area (Å²) in [5.41, 5.74) is 0.584. The molecule has 1 aromatic rings. The number of nitrogens with one attached hydrogen (secondary N) is 3. The highest BCUT2D eigenvalue weighted by atomic mass is 19.1. The quantitative estimate of drug-likeness (QED) is 0.328. The Morgan fingerprint density at radius 1 is 1.38 bits per heavy atom. The molecule has 10 heteroatoms. The molecule has 0 fully saturated rings. The van der Waals surface area contributed by atoms with Crippen LogP contribution < -0.4 is 21.9 Å². The number of amides is 2. The molecule has 2 amide bonds. The van der Waals surface area contributed by atoms with Crippen LogP contribution in [-0.4, -0.2) is 29.8 Å². The zero-order valence-electron chi connectivity index (χ0n) is 11.1. The van der Waals surface area contributed by atoms with Gasteiger partial charge in [-0.3, -0.25) is 25.5 Å². The highest BCUT2D eigenvalue weighted by Crippen LogP contribution is 2.25. The third-order valence-electron chi connectivity index (χ3n) is 2.47. The summed E-state index contributed by atoms with van der Waals surface area (Å²) in [6.45, 7) is 1.73. The monoisotopic (exact) mass is 299 g/mol. The molecule has 0 bridgehead atoms. The lowest BCUT2D eigenvalue weighted by Gasteiger charge is -2.08. The first-order valence-corrected chi connectivity index (χ1v) is 5.90. The average molecular weight is 299 g/mol. The summed E-state index contributed by atoms with van der Waals surface area (Å²) in [5, 5.41) is 15.5. The zero-order valence-corrected chi connectivity index (χ0v) is 11.1. The van der Waals surface area contributed by atoms with E-state index < -0.39 is 33.8 Å². The van der Waals surface area contributed by atoms with E-state index in [4.69, 9.17) is 5.84 Å². The fourth-order valence-electron chi connectivity index (χ4n) is 1.52. The number of hydrazine groups is 1. The van der Waals surface area contributed by atoms with E-state index >= 15 is 0 Å². The minimum absolute atomic E-state index is 0.274. The van der Waals surface area contributed by atoms with Crippen LogP contribution in [0.5, 0.6) is 0 Å². The van der Waals surface area contributed by atoms with Crippen molar-refractivity contribution in [2.24, 2.45) is 5.84 Å². The van der Waals surface area contributed by atoms with Crippen LogP contribution in [0.15, 0.2) is 12.1 Å². The SMILES string of the molecule is CCNC(=O)CNC(=O)c1cc(NN)c(F)cc1[N+](=O)[O-]. The number of nitro groups is 1. The van der Waals surface area contributed by atoms with Gasteiger partial charge in [-0.15, -0.1) is 0 Å². The number of hydrogen-bond donors (Lipinski definition) is 4. The molecule has 114 valence electrons. The van der Waals surface area contributed by atoms with Crippen LogP contribution in [0.2, 0.25) is 0 Å². The molecule has 5 N–H and O–H groups in total. The summed E-state index contributed by atoms with van der Waals surface area (Å²) in [7, 11) is 0. The van der Waals surface area contributed by atoms with Crippen molar-refractivity contribution in [2.75, 3.05) is 18.5 Å². The number of nitro benzene ring substituents is 1. The minimum Gasteiger partial charge on any atom is -0.355 e. The van der Waals surface area contributed by atoms with E-state index in [1.165, 1.54) is 0 Å². The molecule has 0 aliphatic heterocycles. The number of carbonyl (C=O) groups excluding carboxylic acids is 2. The smallest absolute Gasteiger partial charge is 0.285 e. The molecule has 1 rings (SSSR count). The fourth-order valence-corrected chi connectivity index (χ4v) is 1.52. The maximum Gasteiger partial charge on any atom is 0.285 e. The van der Waals surface area contributed by atoms with E-state index in [2.05, 4.69) is 10.6 Å². The Morgan fingerprint density at radius 3 is 2.57 bits per heavy atom. The summed E-state index contributed by atoms with van der Waals surface area (Å²) >= 11 is 0. The zero-order chi connectivity index (χ0) is 16.0. The van der Waals surface area contributed by atoms with Crippen LogP contribution in [0.25, 0.3) is 0 Å². The van der Waals surface area contributed by atoms with Gasteiger partial charge in [-0.1, -0.05) is 0 Å². The average Bonchev–Trinajstić information content (AvgIpc) is 2.44. The van der Waals surface area contributed by atoms with Gasteiger partial charge in [0.05, 0.1) is 23.2 Å². The molecule has 0 radical (unpaired) electrons. The van der Waals surface area contributed by atoms with Crippen molar-refractivity contribution in [3.8, 4) is 0 Å². The van der Waals surface area contributed by atoms with Crippen LogP contribution in [0, 0.1) is 15.9 Å². The van der Waals surface area contributed by atoms with Gasteiger partial charge >= 0.3 is 0 Å². The van der Waals surface area contributed by atoms with Crippen LogP contribution in [0.3, 0.4) is 0 Å². The van der Waals surface area contributed by atoms with Gasteiger partial charge in [-0.05, 0) is 13.0 Å². The second-order valence-electron chi connectivity index (χ2n) is 3.89. The minimum atomic E-state index is -0.968. The number of hydrogen-bond acceptors (Lipinski definition) is 6. The first kappa shape index (κ1) is 16.3. The predicted octanol–water partition coefficient (Wildman–Crippen LogP) is -0.115. The van der Waals surface area contributed by atoms with Crippen molar-refractivity contribution in [3.05, 3.63) is 33.6 Å². The number of nitrogens with two attached hydrogens (primary N) is 1. The van der Waals surface area contributed by atoms with E-state index in [0.29, 0.717) is 12.6 Å². The molecular formula is C11H14FN5O4. The third kappa shape index (κ3) is 4.11. The lowest BCUT2D eigenvalue weighted by molar-refractivity contribution is -0.385. The van der Waals surface area contributed by atoms with Gasteiger partial charge in [0, 0.05) is 6.54 Å². The Morgan fingerprint density at radius 2 is 2.05 bits per heavy atom. The molecule has 0 saturated carbocycles. The summed E-state index contributed by atoms with van der Waals surface area (Å²) in [6, 6.07) is 1.48. The van der Waals surface area contributed by atoms with Gasteiger partial charge in [-0.2, -0.15) is 0 Å². The molecule has 0 aliphatic carbocycles. The lowest BCUT2D eigenvalue weighted by atomic mass is 10.1. The molecule has 1 aromatic carbocycles. The molecule has 9 nitrogen and oxygen atoms in total. The molecule has 0 atom stereocenters. The molecular weight excluding hydrogens is 285 g/mol. The number of nitrogen functional groups attached to an aromatic ring is 1. The first-order chi connectivity index (χ1) is 9.90. The Labute approximate surface area is 118 Å². The summed E-state index contributed by atoms with van der Waals surface area (Å²) in [5.74, 6) is 2.75. The number of likely N-dealkylation sites (N-methyl/N-ethyl adjacent to an activating group) is 1. The first-order valence-electron chi connectivity index (χ1n) is 5.90. The third-order valence-corrected chi connectivity index (χ3v) is 2.47. The molecule has 0 aliphatic rings. The van der Waals surface area contributed by atoms with Gasteiger partial charge in [0.25, 0.3) is 11.6 Å². The van der Waals surface area contributed by atoms with Crippen molar-refractivity contribution >= 4 is 23.2 Å². The van der Waals surface area contributed by atoms with Gasteiger partial charge in [-0.25, -0.2) is 4.39 Å². The highest BCUT2D eigenvalue weighted by Gasteiger charge is 2.23. The Balaban J connectivity index is 3.01. The standard InChI is InChI=1S/C11H14FN5O4/c1-2-14-10(18)5-15-11(19)6-3-8(16-13)7(12)4-9(6)17(20)21/h3-4,16H,2,5,13H2,1H3,(H,14,18)(H,15,19). The predicted molar refractivity (Wildman–Crippen MR) is 71.9 cm³/mol. The van der Waals surface area contributed by atoms with E-state index in [9.17, 15) is 24.1 Å². The number of halogens is 1. The van der Waals surface area contributed by atoms with Gasteiger partial charge < -0.3 is 16.1 Å². The van der Waals surface area contributed by atoms with Gasteiger partial charge in [0.1, 0.15) is 5.56 Å². The van der Waals surface area contributed by atoms with Crippen molar-refractivity contribution in [1.82, 2.24) is 10.6 Å². The lowest BCUT2D eigenvalue weighted by Crippen LogP contribution is -2.37. The summed E-state index contributed by atoms with van der Waals surface area (Å²) in [4.78, 5) is 33.0. The second kappa shape index (κ2) is 7.14. The number of benzene rings is 1. The number of rotatable bonds is 6. The Kier molecular flexibility index (Phi) is 5.55. The molecule has 21 heavy (non-hydrogen) atoms. The van der Waals surface area contributed by atoms with E-state index in [0.717, 1.165) is 6.07 Å². The van der Waals surface area contributed by atoms with Crippen molar-refractivity contribution in [3.63, 3.8) is 0 Å². The Bertz CT molecular complexity index is 578. The molecule has 0 saturated heterocycles. The van der Waals surface area contributed by atoms with Crippen molar-refractivity contribution < 1.29 is 18.9 Å².